The molecule has 1 aromatic carbocycles. The zero-order valence-corrected chi connectivity index (χ0v) is 23.6. The van der Waals surface area contributed by atoms with Crippen molar-refractivity contribution >= 4 is 28.6 Å². The maximum absolute atomic E-state index is 14.8. The Kier molecular flexibility index (Phi) is 9.04. The predicted molar refractivity (Wildman–Crippen MR) is 152 cm³/mol. The Balaban J connectivity index is 1.88. The minimum Gasteiger partial charge on any atom is -0.506 e. The number of pyridine rings is 1. The lowest BCUT2D eigenvalue weighted by molar-refractivity contribution is -0.142. The Morgan fingerprint density at radius 2 is 1.88 bits per heavy atom. The van der Waals surface area contributed by atoms with E-state index in [9.17, 15) is 32.3 Å². The van der Waals surface area contributed by atoms with Crippen molar-refractivity contribution in [2.75, 3.05) is 56.0 Å². The zero-order valence-electron chi connectivity index (χ0n) is 23.6. The number of likely N-dealkylation sites (N-methyl/N-ethyl adjacent to an activating group) is 2. The van der Waals surface area contributed by atoms with E-state index >= 15 is 0 Å². The molecule has 1 aliphatic heterocycles. The highest BCUT2D eigenvalue weighted by atomic mass is 19.4. The number of para-hydroxylation sites is 1. The number of nitrogens with zero attached hydrogens (tertiary/aromatic N) is 6. The van der Waals surface area contributed by atoms with Crippen molar-refractivity contribution in [3.05, 3.63) is 58.8 Å². The van der Waals surface area contributed by atoms with Crippen LogP contribution < -0.4 is 15.8 Å². The summed E-state index contributed by atoms with van der Waals surface area (Å²) in [7, 11) is 0. The van der Waals surface area contributed by atoms with Crippen LogP contribution in [0.4, 0.5) is 29.3 Å². The number of phenolic OH excluding ortho intramolecular Hbond substituents is 1. The summed E-state index contributed by atoms with van der Waals surface area (Å²) in [5, 5.41) is 13.0. The SMILES string of the molecule is C=CC(=O)N(CC)CCNc1nc(N2CC(N(CC)CC)C2)nc2c(=O)n(-c3c(O)cccc3F)c(C(F)(F)F)cc12. The second-order valence-corrected chi connectivity index (χ2v) is 9.74. The van der Waals surface area contributed by atoms with Gasteiger partial charge in [0.15, 0.2) is 5.82 Å². The molecule has 14 heteroatoms. The maximum atomic E-state index is 14.8. The number of anilines is 2. The van der Waals surface area contributed by atoms with Crippen LogP contribution in [0.15, 0.2) is 41.7 Å². The van der Waals surface area contributed by atoms with Gasteiger partial charge in [0.1, 0.15) is 28.5 Å². The minimum atomic E-state index is -5.11. The maximum Gasteiger partial charge on any atom is 0.431 e. The van der Waals surface area contributed by atoms with E-state index in [1.54, 1.807) is 11.8 Å². The van der Waals surface area contributed by atoms with E-state index in [4.69, 9.17) is 0 Å². The first kappa shape index (κ1) is 30.8. The molecule has 0 saturated carbocycles. The van der Waals surface area contributed by atoms with Gasteiger partial charge in [-0.1, -0.05) is 26.5 Å². The van der Waals surface area contributed by atoms with Crippen LogP contribution >= 0.6 is 0 Å². The lowest BCUT2D eigenvalue weighted by Crippen LogP contribution is -2.60. The number of hydrogen-bond acceptors (Lipinski definition) is 8. The molecule has 0 spiro atoms. The van der Waals surface area contributed by atoms with E-state index in [1.807, 2.05) is 13.8 Å². The smallest absolute Gasteiger partial charge is 0.431 e. The molecular weight excluding hydrogens is 558 g/mol. The normalized spacial score (nSPS) is 13.9. The topological polar surface area (TPSA) is 107 Å². The molecule has 2 aromatic heterocycles. The number of hydrogen-bond donors (Lipinski definition) is 2. The molecule has 1 aliphatic rings. The summed E-state index contributed by atoms with van der Waals surface area (Å²) in [6.45, 7) is 12.7. The van der Waals surface area contributed by atoms with Crippen LogP contribution in [0.2, 0.25) is 0 Å². The number of nitrogens with one attached hydrogen (secondary N) is 1. The second-order valence-electron chi connectivity index (χ2n) is 9.74. The fraction of sp³-hybridized carbons (Fsp3) is 0.429. The third kappa shape index (κ3) is 5.89. The van der Waals surface area contributed by atoms with Crippen molar-refractivity contribution in [3.8, 4) is 11.4 Å². The van der Waals surface area contributed by atoms with E-state index in [-0.39, 0.29) is 52.3 Å². The van der Waals surface area contributed by atoms with Gasteiger partial charge in [-0.3, -0.25) is 19.1 Å². The van der Waals surface area contributed by atoms with Gasteiger partial charge in [0, 0.05) is 38.8 Å². The molecule has 3 heterocycles. The average Bonchev–Trinajstić information content (AvgIpc) is 2.92. The zero-order chi connectivity index (χ0) is 30.8. The number of benzene rings is 1. The Bertz CT molecular complexity index is 1510. The monoisotopic (exact) mass is 591 g/mol. The van der Waals surface area contributed by atoms with Crippen LogP contribution in [-0.4, -0.2) is 87.2 Å². The van der Waals surface area contributed by atoms with Crippen LogP contribution in [0.5, 0.6) is 5.75 Å². The quantitative estimate of drug-likeness (QED) is 0.257. The van der Waals surface area contributed by atoms with Gasteiger partial charge < -0.3 is 20.2 Å². The summed E-state index contributed by atoms with van der Waals surface area (Å²) in [6, 6.07) is 3.82. The van der Waals surface area contributed by atoms with Crippen LogP contribution in [-0.2, 0) is 11.0 Å². The molecule has 0 unspecified atom stereocenters. The van der Waals surface area contributed by atoms with Gasteiger partial charge >= 0.3 is 6.18 Å². The standard InChI is InChI=1S/C28H33F4N7O3/c1-5-22(41)37(8-4)13-12-33-25-18-14-21(28(30,31)32)39(24-19(29)10-9-11-20(24)40)26(42)23(18)34-27(35-25)38-15-17(16-38)36(6-2)7-3/h5,9-11,14,17,40H,1,6-8,12-13,15-16H2,2-4H3,(H,33,34,35). The van der Waals surface area contributed by atoms with Gasteiger partial charge in [-0.2, -0.15) is 18.2 Å². The minimum absolute atomic E-state index is 0.0455. The molecule has 42 heavy (non-hydrogen) atoms. The van der Waals surface area contributed by atoms with Crippen LogP contribution in [0.3, 0.4) is 0 Å². The van der Waals surface area contributed by atoms with Crippen LogP contribution in [0.25, 0.3) is 16.6 Å². The van der Waals surface area contributed by atoms with Gasteiger partial charge in [0.2, 0.25) is 11.9 Å². The Labute approximate surface area is 239 Å². The molecule has 1 fully saturated rings. The number of rotatable bonds is 11. The molecular formula is C28H33F4N7O3. The number of carbonyl (C=O) groups excluding carboxylic acids is 1. The fourth-order valence-electron chi connectivity index (χ4n) is 5.06. The number of aromatic nitrogens is 3. The lowest BCUT2D eigenvalue weighted by Gasteiger charge is -2.45. The first-order chi connectivity index (χ1) is 19.9. The molecule has 0 atom stereocenters. The van der Waals surface area contributed by atoms with Crippen molar-refractivity contribution in [3.63, 3.8) is 0 Å². The molecule has 3 aromatic rings. The number of phenols is 1. The molecule has 1 amide bonds. The molecule has 2 N–H and O–H groups in total. The summed E-state index contributed by atoms with van der Waals surface area (Å²) in [5.41, 5.74) is -4.11. The van der Waals surface area contributed by atoms with E-state index < -0.39 is 34.7 Å². The van der Waals surface area contributed by atoms with E-state index in [1.165, 1.54) is 4.90 Å². The Hall–Kier alpha value is -4.20. The largest absolute Gasteiger partial charge is 0.506 e. The predicted octanol–water partition coefficient (Wildman–Crippen LogP) is 3.62. The third-order valence-corrected chi connectivity index (χ3v) is 7.36. The average molecular weight is 592 g/mol. The first-order valence-corrected chi connectivity index (χ1v) is 13.6. The van der Waals surface area contributed by atoms with Crippen molar-refractivity contribution < 1.29 is 27.5 Å². The molecule has 0 bridgehead atoms. The molecule has 0 radical (unpaired) electrons. The number of halogens is 4. The molecule has 10 nitrogen and oxygen atoms in total. The summed E-state index contributed by atoms with van der Waals surface area (Å²) < 4.78 is 57.9. The molecule has 4 rings (SSSR count). The number of carbonyl (C=O) groups is 1. The molecule has 226 valence electrons. The summed E-state index contributed by atoms with van der Waals surface area (Å²) in [5.74, 6) is -2.31. The Morgan fingerprint density at radius 1 is 1.19 bits per heavy atom. The Morgan fingerprint density at radius 3 is 2.45 bits per heavy atom. The van der Waals surface area contributed by atoms with E-state index in [2.05, 4.69) is 26.8 Å². The fourth-order valence-corrected chi connectivity index (χ4v) is 5.06. The first-order valence-electron chi connectivity index (χ1n) is 13.6. The highest BCUT2D eigenvalue weighted by Crippen LogP contribution is 2.36. The van der Waals surface area contributed by atoms with Crippen molar-refractivity contribution in [1.82, 2.24) is 24.3 Å². The van der Waals surface area contributed by atoms with Crippen LogP contribution in [0, 0.1) is 5.82 Å². The van der Waals surface area contributed by atoms with Crippen molar-refractivity contribution in [1.29, 1.82) is 0 Å². The molecule has 1 saturated heterocycles. The summed E-state index contributed by atoms with van der Waals surface area (Å²) in [6.07, 6.45) is -3.95. The van der Waals surface area contributed by atoms with E-state index in [0.717, 1.165) is 37.4 Å². The lowest BCUT2D eigenvalue weighted by atomic mass is 10.1. The van der Waals surface area contributed by atoms with Gasteiger partial charge in [0.25, 0.3) is 5.56 Å². The van der Waals surface area contributed by atoms with Gasteiger partial charge in [-0.25, -0.2) is 9.37 Å². The van der Waals surface area contributed by atoms with Crippen molar-refractivity contribution in [2.45, 2.75) is 33.0 Å². The van der Waals surface area contributed by atoms with Gasteiger partial charge in [-0.15, -0.1) is 0 Å². The van der Waals surface area contributed by atoms with Crippen molar-refractivity contribution in [2.24, 2.45) is 0 Å². The second kappa shape index (κ2) is 12.3. The number of amides is 1. The van der Waals surface area contributed by atoms with Gasteiger partial charge in [-0.05, 0) is 44.3 Å². The summed E-state index contributed by atoms with van der Waals surface area (Å²) in [4.78, 5) is 40.2. The number of alkyl halides is 3. The van der Waals surface area contributed by atoms with Gasteiger partial charge in [0.05, 0.1) is 5.39 Å². The third-order valence-electron chi connectivity index (χ3n) is 7.36. The summed E-state index contributed by atoms with van der Waals surface area (Å²) >= 11 is 0. The highest BCUT2D eigenvalue weighted by Gasteiger charge is 2.38. The highest BCUT2D eigenvalue weighted by molar-refractivity contribution is 5.91. The van der Waals surface area contributed by atoms with E-state index in [0.29, 0.717) is 25.7 Å². The number of fused-ring (bicyclic) bond motifs is 1. The number of aromatic hydroxyl groups is 1. The van der Waals surface area contributed by atoms with Crippen LogP contribution in [0.1, 0.15) is 26.5 Å². The molecule has 0 aliphatic carbocycles.